The second kappa shape index (κ2) is 13.3. The first-order valence-corrected chi connectivity index (χ1v) is 16.8. The zero-order chi connectivity index (χ0) is 32.4. The smallest absolute Gasteiger partial charge is 0.323 e. The number of carbonyl (C=O) groups is 1. The molecule has 0 spiro atoms. The third-order valence-corrected chi connectivity index (χ3v) is 10.1. The Morgan fingerprint density at radius 2 is 1.98 bits per heavy atom. The predicted octanol–water partition coefficient (Wildman–Crippen LogP) is 3.38. The van der Waals surface area contributed by atoms with E-state index in [2.05, 4.69) is 20.0 Å². The molecule has 1 saturated heterocycles. The van der Waals surface area contributed by atoms with Crippen LogP contribution in [0.3, 0.4) is 0 Å². The Labute approximate surface area is 259 Å². The Kier molecular flexibility index (Phi) is 9.78. The molecule has 14 nitrogen and oxygen atoms in total. The van der Waals surface area contributed by atoms with Crippen molar-refractivity contribution in [1.82, 2.24) is 24.6 Å². The highest BCUT2D eigenvalue weighted by atomic mass is 31.2. The van der Waals surface area contributed by atoms with Gasteiger partial charge >= 0.3 is 5.97 Å². The van der Waals surface area contributed by atoms with Gasteiger partial charge in [0.1, 0.15) is 30.5 Å². The minimum atomic E-state index is -4.04. The van der Waals surface area contributed by atoms with Gasteiger partial charge in [0.05, 0.1) is 19.1 Å². The van der Waals surface area contributed by atoms with Crippen LogP contribution in [0.25, 0.3) is 11.2 Å². The second-order valence-electron chi connectivity index (χ2n) is 11.7. The maximum atomic E-state index is 16.5. The number of halogens is 1. The molecule has 1 aliphatic carbocycles. The average Bonchev–Trinajstić information content (AvgIpc) is 3.50. The number of nitrogens with one attached hydrogen (secondary N) is 1. The molecule has 16 heteroatoms. The molecule has 1 saturated carbocycles. The second-order valence-corrected chi connectivity index (χ2v) is 13.8. The average molecular weight is 651 g/mol. The number of alkyl halides is 1. The molecule has 45 heavy (non-hydrogen) atoms. The summed E-state index contributed by atoms with van der Waals surface area (Å²) >= 11 is 0. The van der Waals surface area contributed by atoms with Gasteiger partial charge in [-0.25, -0.2) is 14.5 Å². The van der Waals surface area contributed by atoms with Gasteiger partial charge in [-0.2, -0.15) is 9.97 Å². The minimum Gasteiger partial charge on any atom is -0.476 e. The molecule has 2 aliphatic rings. The maximum Gasteiger partial charge on any atom is 0.323 e. The molecular formula is C29H40FN6O8P. The number of benzene rings is 1. The number of aliphatic hydroxyl groups excluding tert-OH is 1. The molecule has 1 aromatic carbocycles. The third kappa shape index (κ3) is 7.13. The Morgan fingerprint density at radius 1 is 1.27 bits per heavy atom. The van der Waals surface area contributed by atoms with E-state index in [9.17, 15) is 19.6 Å². The van der Waals surface area contributed by atoms with Gasteiger partial charge in [-0.3, -0.25) is 13.9 Å². The number of carbonyl (C=O) groups excluding carboxylic acids is 1. The third-order valence-electron chi connectivity index (χ3n) is 7.99. The summed E-state index contributed by atoms with van der Waals surface area (Å²) in [5, 5.41) is 25.0. The fraction of sp³-hybridized carbons (Fsp3) is 0.586. The van der Waals surface area contributed by atoms with Crippen LogP contribution in [0, 0.1) is 0 Å². The van der Waals surface area contributed by atoms with Crippen LogP contribution in [0.1, 0.15) is 64.7 Å². The molecule has 2 fully saturated rings. The lowest BCUT2D eigenvalue weighted by atomic mass is 9.95. The van der Waals surface area contributed by atoms with Gasteiger partial charge in [0.25, 0.3) is 13.4 Å². The summed E-state index contributed by atoms with van der Waals surface area (Å²) in [6.45, 7) is 3.61. The Balaban J connectivity index is 1.37. The van der Waals surface area contributed by atoms with E-state index < -0.39 is 49.9 Å². The van der Waals surface area contributed by atoms with Crippen molar-refractivity contribution in [2.45, 2.75) is 95.0 Å². The quantitative estimate of drug-likeness (QED) is 0.165. The van der Waals surface area contributed by atoms with Crippen LogP contribution in [-0.4, -0.2) is 78.6 Å². The highest BCUT2D eigenvalue weighted by Crippen LogP contribution is 2.52. The standard InChI is InChI=1S/C29H40FN6O8P/c1-4-41-23-21-22(33-27(31)34-23)36(17-32-21)26-28(3,39)25(38)29(30,44-26)16-42-45(40,15-19-11-7-5-8-12-19)35-18(2)24(37)43-20-13-9-6-10-14-20/h5,7-8,11-12,17-18,20,25-26,38-39H,4,6,9-10,13-16H2,1-3H3,(H,35,40)(H2,31,33,34)/t18-,25-,26+,28+,29+,45?/m0/s1. The van der Waals surface area contributed by atoms with E-state index in [0.717, 1.165) is 32.1 Å². The monoisotopic (exact) mass is 650 g/mol. The highest BCUT2D eigenvalue weighted by Gasteiger charge is 2.63. The molecule has 0 bridgehead atoms. The summed E-state index contributed by atoms with van der Waals surface area (Å²) in [5.41, 5.74) is 4.44. The number of aliphatic hydroxyl groups is 2. The van der Waals surface area contributed by atoms with Gasteiger partial charge in [0.2, 0.25) is 11.8 Å². The van der Waals surface area contributed by atoms with E-state index in [1.165, 1.54) is 24.7 Å². The zero-order valence-corrected chi connectivity index (χ0v) is 26.4. The molecule has 1 unspecified atom stereocenters. The summed E-state index contributed by atoms with van der Waals surface area (Å²) in [7, 11) is -4.04. The number of nitrogen functional groups attached to an aromatic ring is 1. The van der Waals surface area contributed by atoms with Crippen LogP contribution in [0.15, 0.2) is 36.7 Å². The van der Waals surface area contributed by atoms with Gasteiger partial charge < -0.3 is 34.7 Å². The fourth-order valence-electron chi connectivity index (χ4n) is 5.65. The van der Waals surface area contributed by atoms with Crippen molar-refractivity contribution in [2.75, 3.05) is 18.9 Å². The van der Waals surface area contributed by atoms with E-state index in [0.29, 0.717) is 5.56 Å². The summed E-state index contributed by atoms with van der Waals surface area (Å²) in [6, 6.07) is 7.64. The largest absolute Gasteiger partial charge is 0.476 e. The number of fused-ring (bicyclic) bond motifs is 1. The maximum absolute atomic E-state index is 16.5. The number of nitrogens with zero attached hydrogens (tertiary/aromatic N) is 4. The number of aromatic nitrogens is 4. The van der Waals surface area contributed by atoms with Gasteiger partial charge in [-0.15, -0.1) is 0 Å². The van der Waals surface area contributed by atoms with Crippen LogP contribution in [0.4, 0.5) is 10.3 Å². The van der Waals surface area contributed by atoms with Crippen LogP contribution in [0.5, 0.6) is 5.88 Å². The van der Waals surface area contributed by atoms with Crippen LogP contribution >= 0.6 is 7.52 Å². The SMILES string of the molecule is CCOc1nc(N)nc2c1ncn2[C@@H]1O[C@](F)(COP(=O)(Cc2ccccc2)N[C@@H](C)C(=O)OC2CCCCC2)[C@@H](O)[C@@]1(C)O. The van der Waals surface area contributed by atoms with E-state index in [1.54, 1.807) is 37.3 Å². The Morgan fingerprint density at radius 3 is 2.67 bits per heavy atom. The molecular weight excluding hydrogens is 610 g/mol. The van der Waals surface area contributed by atoms with Crippen molar-refractivity contribution in [3.05, 3.63) is 42.2 Å². The summed E-state index contributed by atoms with van der Waals surface area (Å²) in [5.74, 6) is -3.74. The van der Waals surface area contributed by atoms with E-state index in [1.807, 2.05) is 0 Å². The summed E-state index contributed by atoms with van der Waals surface area (Å²) in [4.78, 5) is 25.3. The van der Waals surface area contributed by atoms with Crippen LogP contribution in [0.2, 0.25) is 0 Å². The predicted molar refractivity (Wildman–Crippen MR) is 161 cm³/mol. The summed E-state index contributed by atoms with van der Waals surface area (Å²) in [6.07, 6.45) is 1.59. The van der Waals surface area contributed by atoms with E-state index >= 15 is 4.39 Å². The molecule has 2 aromatic heterocycles. The van der Waals surface area contributed by atoms with Gasteiger partial charge in [-0.05, 0) is 52.0 Å². The van der Waals surface area contributed by atoms with Gasteiger partial charge in [0, 0.05) is 0 Å². The first-order chi connectivity index (χ1) is 21.3. The number of ether oxygens (including phenoxy) is 3. The molecule has 0 amide bonds. The normalized spacial score (nSPS) is 27.7. The number of rotatable bonds is 12. The first-order valence-electron chi connectivity index (χ1n) is 15.0. The molecule has 3 aromatic rings. The number of hydrogen-bond acceptors (Lipinski definition) is 12. The van der Waals surface area contributed by atoms with Crippen molar-refractivity contribution in [3.63, 3.8) is 0 Å². The lowest BCUT2D eigenvalue weighted by molar-refractivity contribution is -0.202. The number of hydrogen-bond donors (Lipinski definition) is 4. The number of nitrogens with two attached hydrogens (primary N) is 1. The lowest BCUT2D eigenvalue weighted by Gasteiger charge is -2.30. The van der Waals surface area contributed by atoms with Crippen LogP contribution < -0.4 is 15.6 Å². The fourth-order valence-corrected chi connectivity index (χ4v) is 7.68. The van der Waals surface area contributed by atoms with Crippen LogP contribution in [-0.2, 0) is 29.5 Å². The molecule has 5 N–H and O–H groups in total. The molecule has 246 valence electrons. The number of anilines is 1. The van der Waals surface area contributed by atoms with Crippen molar-refractivity contribution < 1.29 is 42.7 Å². The molecule has 1 aliphatic heterocycles. The van der Waals surface area contributed by atoms with Crippen molar-refractivity contribution >= 4 is 30.6 Å². The van der Waals surface area contributed by atoms with Gasteiger partial charge in [-0.1, -0.05) is 36.8 Å². The lowest BCUT2D eigenvalue weighted by Crippen LogP contribution is -2.49. The van der Waals surface area contributed by atoms with Crippen molar-refractivity contribution in [3.8, 4) is 5.88 Å². The van der Waals surface area contributed by atoms with Crippen molar-refractivity contribution in [2.24, 2.45) is 0 Å². The number of esters is 1. The molecule has 6 atom stereocenters. The van der Waals surface area contributed by atoms with Gasteiger partial charge in [0.15, 0.2) is 17.4 Å². The minimum absolute atomic E-state index is 0.0651. The highest BCUT2D eigenvalue weighted by molar-refractivity contribution is 7.56. The van der Waals surface area contributed by atoms with Crippen molar-refractivity contribution in [1.29, 1.82) is 0 Å². The van der Waals surface area contributed by atoms with E-state index in [-0.39, 0.29) is 41.9 Å². The topological polar surface area (TPSA) is 193 Å². The first kappa shape index (κ1) is 33.2. The number of imidazole rings is 1. The summed E-state index contributed by atoms with van der Waals surface area (Å²) < 4.78 is 54.3. The molecule has 5 rings (SSSR count). The Hall–Kier alpha value is -3.20. The molecule has 0 radical (unpaired) electrons. The van der Waals surface area contributed by atoms with E-state index in [4.69, 9.17) is 24.5 Å². The Bertz CT molecular complexity index is 1540. The zero-order valence-electron chi connectivity index (χ0n) is 25.5. The molecule has 3 heterocycles.